The molecule has 0 aromatic rings. The van der Waals surface area contributed by atoms with Crippen molar-refractivity contribution in [1.29, 1.82) is 0 Å². The van der Waals surface area contributed by atoms with Crippen LogP contribution in [0.25, 0.3) is 0 Å². The van der Waals surface area contributed by atoms with Gasteiger partial charge in [0.1, 0.15) is 36.3 Å². The zero-order valence-corrected chi connectivity index (χ0v) is 32.2. The second-order valence-corrected chi connectivity index (χ2v) is 14.2. The first-order chi connectivity index (χ1) is 25.8. The van der Waals surface area contributed by atoms with E-state index in [1.165, 1.54) is 6.92 Å². The molecule has 0 aliphatic carbocycles. The average molecular weight is 804 g/mol. The highest BCUT2D eigenvalue weighted by Crippen LogP contribution is 2.10. The predicted molar refractivity (Wildman–Crippen MR) is 194 cm³/mol. The van der Waals surface area contributed by atoms with Gasteiger partial charge in [0, 0.05) is 6.42 Å². The fourth-order valence-electron chi connectivity index (χ4n) is 4.97. The summed E-state index contributed by atoms with van der Waals surface area (Å²) in [6, 6.07) is -11.4. The van der Waals surface area contributed by atoms with Gasteiger partial charge in [-0.1, -0.05) is 27.7 Å². The van der Waals surface area contributed by atoms with Crippen LogP contribution in [0.2, 0.25) is 0 Å². The largest absolute Gasteiger partial charge is 0.481 e. The minimum absolute atomic E-state index is 0.0106. The Balaban J connectivity index is 6.42. The van der Waals surface area contributed by atoms with Gasteiger partial charge in [-0.15, -0.1) is 0 Å². The van der Waals surface area contributed by atoms with Crippen LogP contribution in [0, 0.1) is 11.8 Å². The van der Waals surface area contributed by atoms with Crippen molar-refractivity contribution in [1.82, 2.24) is 31.9 Å². The standard InChI is InChI=1S/C33H57N9O14/c1-13(2)9-18(28(50)37-17(7-8-22(34)45)27(49)42-26(16(6)44)33(55)56)38-30(52)20(11-23(35)46)39-31(53)21(12-24(47)48)40-29(51)19(10-14(3)4)41-32(54)25(36)15(5)43/h13-21,25-26,43-44H,7-12,36H2,1-6H3,(H2,34,45)(H2,35,46)(H,37,50)(H,38,52)(H,39,53)(H,40,51)(H,41,54)(H,42,49)(H,47,48)(H,55,56)/t15-,16-,17+,18+,19+,20+,21+,25+,26+/m1/s1. The molecule has 23 heteroatoms. The topological polar surface area (TPSA) is 402 Å². The summed E-state index contributed by atoms with van der Waals surface area (Å²) < 4.78 is 0. The molecule has 0 bridgehead atoms. The third-order valence-corrected chi connectivity index (χ3v) is 7.91. The number of nitrogens with one attached hydrogen (secondary N) is 6. The van der Waals surface area contributed by atoms with E-state index >= 15 is 0 Å². The highest BCUT2D eigenvalue weighted by molar-refractivity contribution is 5.99. The molecule has 0 saturated heterocycles. The third kappa shape index (κ3) is 19.3. The van der Waals surface area contributed by atoms with Crippen molar-refractivity contribution in [2.75, 3.05) is 0 Å². The molecule has 318 valence electrons. The number of aliphatic hydroxyl groups excluding tert-OH is 2. The van der Waals surface area contributed by atoms with Gasteiger partial charge in [-0.2, -0.15) is 0 Å². The summed E-state index contributed by atoms with van der Waals surface area (Å²) in [7, 11) is 0. The summed E-state index contributed by atoms with van der Waals surface area (Å²) in [4.78, 5) is 126. The Morgan fingerprint density at radius 2 is 0.875 bits per heavy atom. The molecule has 16 N–H and O–H groups in total. The monoisotopic (exact) mass is 803 g/mol. The number of carbonyl (C=O) groups excluding carboxylic acids is 8. The van der Waals surface area contributed by atoms with Crippen molar-refractivity contribution in [2.24, 2.45) is 29.0 Å². The lowest BCUT2D eigenvalue weighted by molar-refractivity contribution is -0.145. The van der Waals surface area contributed by atoms with Gasteiger partial charge in [-0.3, -0.25) is 43.2 Å². The molecule has 23 nitrogen and oxygen atoms in total. The number of carboxylic acids is 2. The number of carbonyl (C=O) groups is 10. The zero-order valence-electron chi connectivity index (χ0n) is 32.2. The first kappa shape index (κ1) is 50.6. The third-order valence-electron chi connectivity index (χ3n) is 7.91. The summed E-state index contributed by atoms with van der Waals surface area (Å²) >= 11 is 0. The number of nitrogens with two attached hydrogens (primary N) is 3. The fraction of sp³-hybridized carbons (Fsp3) is 0.697. The lowest BCUT2D eigenvalue weighted by Gasteiger charge is -2.28. The Morgan fingerprint density at radius 3 is 1.23 bits per heavy atom. The smallest absolute Gasteiger partial charge is 0.328 e. The lowest BCUT2D eigenvalue weighted by Crippen LogP contribution is -2.61. The Kier molecular flexibility index (Phi) is 21.8. The molecule has 0 radical (unpaired) electrons. The van der Waals surface area contributed by atoms with E-state index in [9.17, 15) is 68.4 Å². The molecule has 0 fully saturated rings. The van der Waals surface area contributed by atoms with E-state index < -0.39 is 139 Å². The van der Waals surface area contributed by atoms with Gasteiger partial charge in [0.25, 0.3) is 0 Å². The summed E-state index contributed by atoms with van der Waals surface area (Å²) in [5.41, 5.74) is 16.2. The first-order valence-electron chi connectivity index (χ1n) is 17.7. The molecule has 0 heterocycles. The van der Waals surface area contributed by atoms with Gasteiger partial charge in [0.05, 0.1) is 25.0 Å². The van der Waals surface area contributed by atoms with Crippen molar-refractivity contribution in [2.45, 2.75) is 135 Å². The number of hydrogen-bond donors (Lipinski definition) is 13. The number of rotatable bonds is 26. The molecule has 0 saturated carbocycles. The lowest BCUT2D eigenvalue weighted by atomic mass is 10.0. The van der Waals surface area contributed by atoms with Crippen LogP contribution < -0.4 is 49.1 Å². The molecular formula is C33H57N9O14. The van der Waals surface area contributed by atoms with E-state index in [1.807, 2.05) is 5.32 Å². The Bertz CT molecular complexity index is 1440. The van der Waals surface area contributed by atoms with Crippen LogP contribution in [-0.4, -0.2) is 134 Å². The van der Waals surface area contributed by atoms with Gasteiger partial charge >= 0.3 is 11.9 Å². The van der Waals surface area contributed by atoms with Gasteiger partial charge in [0.15, 0.2) is 6.04 Å². The van der Waals surface area contributed by atoms with Crippen LogP contribution in [0.1, 0.15) is 80.1 Å². The zero-order chi connectivity index (χ0) is 43.6. The molecule has 0 rings (SSSR count). The van der Waals surface area contributed by atoms with Crippen LogP contribution in [0.3, 0.4) is 0 Å². The fourth-order valence-corrected chi connectivity index (χ4v) is 4.97. The van der Waals surface area contributed by atoms with Crippen molar-refractivity contribution in [3.63, 3.8) is 0 Å². The van der Waals surface area contributed by atoms with Gasteiger partial charge in [-0.25, -0.2) is 4.79 Å². The summed E-state index contributed by atoms with van der Waals surface area (Å²) in [5, 5.41) is 51.7. The number of aliphatic hydroxyl groups is 2. The van der Waals surface area contributed by atoms with Crippen molar-refractivity contribution in [3.05, 3.63) is 0 Å². The van der Waals surface area contributed by atoms with Crippen molar-refractivity contribution >= 4 is 59.2 Å². The van der Waals surface area contributed by atoms with Crippen molar-refractivity contribution in [3.8, 4) is 0 Å². The Morgan fingerprint density at radius 1 is 0.500 bits per heavy atom. The van der Waals surface area contributed by atoms with E-state index in [2.05, 4.69) is 26.6 Å². The van der Waals surface area contributed by atoms with Gasteiger partial charge in [-0.05, 0) is 44.9 Å². The van der Waals surface area contributed by atoms with E-state index in [-0.39, 0.29) is 24.7 Å². The Hall–Kier alpha value is -5.42. The number of hydrogen-bond acceptors (Lipinski definition) is 13. The van der Waals surface area contributed by atoms with E-state index in [4.69, 9.17) is 17.2 Å². The molecule has 0 aromatic heterocycles. The van der Waals surface area contributed by atoms with Crippen molar-refractivity contribution < 1.29 is 68.4 Å². The second-order valence-electron chi connectivity index (χ2n) is 14.2. The normalized spacial score (nSPS) is 16.0. The molecule has 0 aromatic carbocycles. The summed E-state index contributed by atoms with van der Waals surface area (Å²) in [5.74, 6) is -12.3. The molecular weight excluding hydrogens is 746 g/mol. The molecule has 0 unspecified atom stereocenters. The molecule has 0 aliphatic heterocycles. The van der Waals surface area contributed by atoms with Crippen LogP contribution in [0.5, 0.6) is 0 Å². The highest BCUT2D eigenvalue weighted by Gasteiger charge is 2.36. The number of aliphatic carboxylic acids is 2. The number of primary amides is 2. The second kappa shape index (κ2) is 24.2. The van der Waals surface area contributed by atoms with Crippen LogP contribution in [0.4, 0.5) is 0 Å². The van der Waals surface area contributed by atoms with E-state index in [0.29, 0.717) is 0 Å². The number of carboxylic acid groups (broad SMARTS) is 2. The van der Waals surface area contributed by atoms with Gasteiger partial charge < -0.3 is 69.5 Å². The predicted octanol–water partition coefficient (Wildman–Crippen LogP) is -5.22. The van der Waals surface area contributed by atoms with Crippen LogP contribution in [0.15, 0.2) is 0 Å². The van der Waals surface area contributed by atoms with Crippen LogP contribution >= 0.6 is 0 Å². The van der Waals surface area contributed by atoms with E-state index in [0.717, 1.165) is 6.92 Å². The van der Waals surface area contributed by atoms with Gasteiger partial charge in [0.2, 0.25) is 47.3 Å². The molecule has 9 atom stereocenters. The first-order valence-corrected chi connectivity index (χ1v) is 17.7. The quantitative estimate of drug-likeness (QED) is 0.0389. The maximum Gasteiger partial charge on any atom is 0.328 e. The summed E-state index contributed by atoms with van der Waals surface area (Å²) in [6.07, 6.45) is -5.79. The maximum absolute atomic E-state index is 13.5. The van der Waals surface area contributed by atoms with E-state index in [1.54, 1.807) is 27.7 Å². The molecule has 56 heavy (non-hydrogen) atoms. The Labute approximate surface area is 323 Å². The van der Waals surface area contributed by atoms with Crippen LogP contribution in [-0.2, 0) is 47.9 Å². The SMILES string of the molecule is CC(C)C[C@H](NC(=O)[C@H](CC(N)=O)NC(=O)[C@H](CC(=O)O)NC(=O)[C@H](CC(C)C)NC(=O)[C@@H](N)[C@@H](C)O)C(=O)N[C@@H](CCC(N)=O)C(=O)N[C@H](C(=O)O)[C@@H](C)O. The minimum Gasteiger partial charge on any atom is -0.481 e. The minimum atomic E-state index is -1.89. The summed E-state index contributed by atoms with van der Waals surface area (Å²) in [6.45, 7) is 9.03. The molecule has 8 amide bonds. The highest BCUT2D eigenvalue weighted by atomic mass is 16.4. The maximum atomic E-state index is 13.5. The number of amides is 8. The molecule has 0 spiro atoms. The average Bonchev–Trinajstić information content (AvgIpc) is 3.05. The molecule has 0 aliphatic rings.